The molecule has 1 saturated heterocycles. The van der Waals surface area contributed by atoms with Crippen molar-refractivity contribution in [2.24, 2.45) is 0 Å². The molecule has 0 aromatic heterocycles. The van der Waals surface area contributed by atoms with E-state index in [1.165, 1.54) is 122 Å². The van der Waals surface area contributed by atoms with Crippen molar-refractivity contribution < 1.29 is 39.8 Å². The van der Waals surface area contributed by atoms with Crippen LogP contribution in [0.5, 0.6) is 0 Å². The number of amides is 1. The Morgan fingerprint density at radius 3 is 1.48 bits per heavy atom. The summed E-state index contributed by atoms with van der Waals surface area (Å²) < 4.78 is 11.1. The first-order valence-corrected chi connectivity index (χ1v) is 20.2. The van der Waals surface area contributed by atoms with E-state index < -0.39 is 49.5 Å². The topological polar surface area (TPSA) is 149 Å². The highest BCUT2D eigenvalue weighted by atomic mass is 16.7. The van der Waals surface area contributed by atoms with Crippen LogP contribution in [0.15, 0.2) is 0 Å². The molecule has 7 unspecified atom stereocenters. The molecule has 0 aromatic rings. The Kier molecular flexibility index (Phi) is 29.2. The first-order valence-electron chi connectivity index (χ1n) is 20.2. The van der Waals surface area contributed by atoms with E-state index in [0.717, 1.165) is 38.5 Å². The van der Waals surface area contributed by atoms with E-state index in [1.807, 2.05) is 0 Å². The lowest BCUT2D eigenvalue weighted by Gasteiger charge is -2.40. The molecule has 1 aliphatic rings. The highest BCUT2D eigenvalue weighted by Crippen LogP contribution is 2.23. The van der Waals surface area contributed by atoms with Crippen LogP contribution in [0, 0.1) is 0 Å². The maximum atomic E-state index is 12.7. The third-order valence-electron chi connectivity index (χ3n) is 9.96. The van der Waals surface area contributed by atoms with Crippen molar-refractivity contribution >= 4 is 5.91 Å². The molecule has 1 heterocycles. The molecule has 0 saturated carbocycles. The van der Waals surface area contributed by atoms with Gasteiger partial charge in [0, 0.05) is 6.42 Å². The van der Waals surface area contributed by atoms with Crippen molar-refractivity contribution in [1.82, 2.24) is 5.32 Å². The van der Waals surface area contributed by atoms with Gasteiger partial charge in [-0.15, -0.1) is 0 Å². The van der Waals surface area contributed by atoms with Crippen LogP contribution < -0.4 is 5.32 Å². The second kappa shape index (κ2) is 31.0. The average molecular weight is 688 g/mol. The summed E-state index contributed by atoms with van der Waals surface area (Å²) in [6, 6.07) is -0.707. The van der Waals surface area contributed by atoms with Gasteiger partial charge in [-0.1, -0.05) is 168 Å². The van der Waals surface area contributed by atoms with Crippen molar-refractivity contribution in [2.75, 3.05) is 13.2 Å². The molecule has 1 amide bonds. The Labute approximate surface area is 294 Å². The number of unbranched alkanes of at least 4 members (excludes halogenated alkanes) is 23. The van der Waals surface area contributed by atoms with Gasteiger partial charge in [-0.2, -0.15) is 0 Å². The van der Waals surface area contributed by atoms with E-state index in [0.29, 0.717) is 12.8 Å². The molecule has 1 aliphatic heterocycles. The monoisotopic (exact) mass is 688 g/mol. The Bertz CT molecular complexity index is 726. The molecular weight excluding hydrogens is 610 g/mol. The molecule has 0 bridgehead atoms. The minimum absolute atomic E-state index is 0.138. The quantitative estimate of drug-likeness (QED) is 0.0396. The zero-order chi connectivity index (χ0) is 35.2. The lowest BCUT2D eigenvalue weighted by Crippen LogP contribution is -2.60. The molecule has 1 rings (SSSR count). The van der Waals surface area contributed by atoms with Crippen LogP contribution in [0.1, 0.15) is 187 Å². The summed E-state index contributed by atoms with van der Waals surface area (Å²) in [6.45, 7) is 3.67. The third kappa shape index (κ3) is 22.1. The van der Waals surface area contributed by atoms with Gasteiger partial charge in [-0.25, -0.2) is 0 Å². The highest BCUT2D eigenvalue weighted by molar-refractivity contribution is 5.76. The number of aliphatic hydroxyl groups is 5. The molecule has 0 radical (unpaired) electrons. The Hall–Kier alpha value is -0.810. The number of carbonyl (C=O) groups is 1. The van der Waals surface area contributed by atoms with Crippen molar-refractivity contribution in [3.8, 4) is 0 Å². The number of carbonyl (C=O) groups excluding carboxylic acids is 1. The molecular formula is C39H77NO8. The molecule has 7 atom stereocenters. The molecule has 6 N–H and O–H groups in total. The van der Waals surface area contributed by atoms with Crippen molar-refractivity contribution in [3.05, 3.63) is 0 Å². The van der Waals surface area contributed by atoms with E-state index >= 15 is 0 Å². The molecule has 0 aliphatic carbocycles. The molecule has 9 heteroatoms. The molecule has 0 spiro atoms. The normalized spacial score (nSPS) is 22.5. The Balaban J connectivity index is 2.10. The van der Waals surface area contributed by atoms with Gasteiger partial charge in [-0.3, -0.25) is 4.79 Å². The van der Waals surface area contributed by atoms with E-state index in [2.05, 4.69) is 19.2 Å². The van der Waals surface area contributed by atoms with E-state index in [1.54, 1.807) is 0 Å². The predicted octanol–water partition coefficient (Wildman–Crippen LogP) is 7.22. The summed E-state index contributed by atoms with van der Waals surface area (Å²) in [7, 11) is 0. The van der Waals surface area contributed by atoms with Crippen LogP contribution in [0.2, 0.25) is 0 Å². The van der Waals surface area contributed by atoms with Gasteiger partial charge in [0.25, 0.3) is 0 Å². The number of aliphatic hydroxyl groups excluding tert-OH is 5. The van der Waals surface area contributed by atoms with Gasteiger partial charge in [0.05, 0.1) is 25.4 Å². The maximum Gasteiger partial charge on any atom is 0.220 e. The van der Waals surface area contributed by atoms with E-state index in [4.69, 9.17) is 9.47 Å². The van der Waals surface area contributed by atoms with Gasteiger partial charge < -0.3 is 40.3 Å². The van der Waals surface area contributed by atoms with Crippen LogP contribution in [-0.2, 0) is 14.3 Å². The van der Waals surface area contributed by atoms with Crippen molar-refractivity contribution in [3.63, 3.8) is 0 Å². The number of hydrogen-bond donors (Lipinski definition) is 6. The second-order valence-corrected chi connectivity index (χ2v) is 14.4. The molecule has 286 valence electrons. The van der Waals surface area contributed by atoms with Crippen LogP contribution in [-0.4, -0.2) is 87.5 Å². The number of nitrogens with one attached hydrogen (secondary N) is 1. The Morgan fingerprint density at radius 1 is 0.625 bits per heavy atom. The fourth-order valence-corrected chi connectivity index (χ4v) is 6.63. The van der Waals surface area contributed by atoms with E-state index in [-0.39, 0.29) is 12.5 Å². The van der Waals surface area contributed by atoms with Gasteiger partial charge in [0.15, 0.2) is 6.29 Å². The van der Waals surface area contributed by atoms with Crippen LogP contribution in [0.3, 0.4) is 0 Å². The summed E-state index contributed by atoms with van der Waals surface area (Å²) in [5.41, 5.74) is 0. The fraction of sp³-hybridized carbons (Fsp3) is 0.974. The first kappa shape index (κ1) is 45.2. The smallest absolute Gasteiger partial charge is 0.220 e. The molecule has 1 fully saturated rings. The second-order valence-electron chi connectivity index (χ2n) is 14.4. The third-order valence-corrected chi connectivity index (χ3v) is 9.96. The number of ether oxygens (including phenoxy) is 2. The lowest BCUT2D eigenvalue weighted by molar-refractivity contribution is -0.302. The molecule has 48 heavy (non-hydrogen) atoms. The van der Waals surface area contributed by atoms with Gasteiger partial charge in [0.2, 0.25) is 5.91 Å². The summed E-state index contributed by atoms with van der Waals surface area (Å²) in [5, 5.41) is 53.4. The fourth-order valence-electron chi connectivity index (χ4n) is 6.63. The average Bonchev–Trinajstić information content (AvgIpc) is 3.08. The zero-order valence-corrected chi connectivity index (χ0v) is 31.0. The Morgan fingerprint density at radius 2 is 1.04 bits per heavy atom. The lowest BCUT2D eigenvalue weighted by atomic mass is 9.99. The highest BCUT2D eigenvalue weighted by Gasteiger charge is 2.44. The van der Waals surface area contributed by atoms with E-state index in [9.17, 15) is 30.3 Å². The summed E-state index contributed by atoms with van der Waals surface area (Å²) >= 11 is 0. The summed E-state index contributed by atoms with van der Waals surface area (Å²) in [6.07, 6.45) is 24.9. The maximum absolute atomic E-state index is 12.7. The predicted molar refractivity (Wildman–Crippen MR) is 194 cm³/mol. The minimum Gasteiger partial charge on any atom is -0.394 e. The van der Waals surface area contributed by atoms with Crippen molar-refractivity contribution in [1.29, 1.82) is 0 Å². The summed E-state index contributed by atoms with van der Waals surface area (Å²) in [5.74, 6) is -0.153. The zero-order valence-electron chi connectivity index (χ0n) is 31.0. The number of rotatable bonds is 33. The van der Waals surface area contributed by atoms with Gasteiger partial charge >= 0.3 is 0 Å². The number of hydrogen-bond acceptors (Lipinski definition) is 8. The van der Waals surface area contributed by atoms with Crippen molar-refractivity contribution in [2.45, 2.75) is 230 Å². The SMILES string of the molecule is CCCCCCCCCCCCCCCCCCCCCCCCC(=O)NC(COC1OC(CO)C(O)C(O)C1O)C(O)CCCCC. The van der Waals surface area contributed by atoms with Crippen LogP contribution >= 0.6 is 0 Å². The summed E-state index contributed by atoms with van der Waals surface area (Å²) in [4.78, 5) is 12.7. The minimum atomic E-state index is -1.54. The van der Waals surface area contributed by atoms with Crippen LogP contribution in [0.4, 0.5) is 0 Å². The molecule has 0 aromatic carbocycles. The standard InChI is InChI=1S/C39H77NO8/c1-3-5-7-8-9-10-11-12-13-14-15-16-17-18-19-20-21-22-23-24-25-27-29-35(43)40-32(33(42)28-26-6-4-2)31-47-39-38(46)37(45)36(44)34(30-41)48-39/h32-34,36-39,41-42,44-46H,3-31H2,1-2H3,(H,40,43). The van der Waals surface area contributed by atoms with Gasteiger partial charge in [0.1, 0.15) is 24.4 Å². The van der Waals surface area contributed by atoms with Crippen LogP contribution in [0.25, 0.3) is 0 Å². The largest absolute Gasteiger partial charge is 0.394 e. The first-order chi connectivity index (χ1) is 23.3. The molecule has 9 nitrogen and oxygen atoms in total. The van der Waals surface area contributed by atoms with Gasteiger partial charge in [-0.05, 0) is 12.8 Å².